The molecular formula is C19H14F3N5O2. The van der Waals surface area contributed by atoms with Crippen LogP contribution in [0.3, 0.4) is 0 Å². The van der Waals surface area contributed by atoms with Gasteiger partial charge in [-0.05, 0) is 6.92 Å². The Kier molecular flexibility index (Phi) is 5.53. The van der Waals surface area contributed by atoms with Crippen molar-refractivity contribution < 1.29 is 18.1 Å². The van der Waals surface area contributed by atoms with Gasteiger partial charge in [0.1, 0.15) is 0 Å². The molecule has 10 heteroatoms. The monoisotopic (exact) mass is 401 g/mol. The van der Waals surface area contributed by atoms with Crippen LogP contribution in [0.15, 0.2) is 65.8 Å². The molecule has 29 heavy (non-hydrogen) atoms. The average molecular weight is 401 g/mol. The summed E-state index contributed by atoms with van der Waals surface area (Å²) in [5.41, 5.74) is 2.44. The van der Waals surface area contributed by atoms with Gasteiger partial charge in [-0.3, -0.25) is 15.5 Å². The second kappa shape index (κ2) is 8.05. The lowest BCUT2D eigenvalue weighted by atomic mass is 10.1. The van der Waals surface area contributed by atoms with Gasteiger partial charge < -0.3 is 0 Å². The number of nitro groups is 1. The molecule has 0 saturated heterocycles. The molecule has 0 spiro atoms. The first-order valence-corrected chi connectivity index (χ1v) is 8.31. The molecule has 0 aliphatic heterocycles. The van der Waals surface area contributed by atoms with Crippen LogP contribution < -0.4 is 5.43 Å². The number of non-ortho nitro benzene ring substituents is 1. The van der Waals surface area contributed by atoms with Gasteiger partial charge in [0.15, 0.2) is 17.3 Å². The molecule has 1 heterocycles. The summed E-state index contributed by atoms with van der Waals surface area (Å²) >= 11 is 0. The second-order valence-corrected chi connectivity index (χ2v) is 5.94. The molecule has 0 aliphatic rings. The number of nitrogens with one attached hydrogen (secondary N) is 1. The summed E-state index contributed by atoms with van der Waals surface area (Å²) in [6.45, 7) is 1.57. The van der Waals surface area contributed by atoms with E-state index in [2.05, 4.69) is 20.5 Å². The van der Waals surface area contributed by atoms with Crippen molar-refractivity contribution in [1.82, 2.24) is 9.97 Å². The summed E-state index contributed by atoms with van der Waals surface area (Å²) in [5.74, 6) is -0.262. The van der Waals surface area contributed by atoms with Crippen molar-refractivity contribution in [3.63, 3.8) is 0 Å². The number of halogens is 3. The van der Waals surface area contributed by atoms with E-state index in [1.807, 2.05) is 0 Å². The van der Waals surface area contributed by atoms with Crippen molar-refractivity contribution in [2.45, 2.75) is 13.1 Å². The van der Waals surface area contributed by atoms with Gasteiger partial charge in [-0.1, -0.05) is 42.5 Å². The summed E-state index contributed by atoms with van der Waals surface area (Å²) in [6, 6.07) is 14.7. The fourth-order valence-electron chi connectivity index (χ4n) is 2.42. The number of aromatic nitrogens is 2. The topological polar surface area (TPSA) is 93.3 Å². The van der Waals surface area contributed by atoms with Crippen molar-refractivity contribution >= 4 is 17.2 Å². The summed E-state index contributed by atoms with van der Waals surface area (Å²) in [7, 11) is 0. The highest BCUT2D eigenvalue weighted by atomic mass is 19.4. The minimum Gasteiger partial charge on any atom is -0.261 e. The number of hydrazone groups is 1. The molecule has 1 N–H and O–H groups in total. The molecule has 7 nitrogen and oxygen atoms in total. The normalized spacial score (nSPS) is 11.9. The first-order valence-electron chi connectivity index (χ1n) is 8.31. The third-order valence-corrected chi connectivity index (χ3v) is 3.86. The highest BCUT2D eigenvalue weighted by Crippen LogP contribution is 2.30. The van der Waals surface area contributed by atoms with Crippen molar-refractivity contribution in [2.24, 2.45) is 5.10 Å². The van der Waals surface area contributed by atoms with Crippen LogP contribution in [-0.2, 0) is 6.18 Å². The minimum absolute atomic E-state index is 0.105. The summed E-state index contributed by atoms with van der Waals surface area (Å²) in [5, 5.41) is 14.9. The molecule has 0 fully saturated rings. The Morgan fingerprint density at radius 3 is 2.45 bits per heavy atom. The van der Waals surface area contributed by atoms with Crippen LogP contribution in [0.1, 0.15) is 18.2 Å². The van der Waals surface area contributed by atoms with Crippen LogP contribution >= 0.6 is 0 Å². The zero-order valence-corrected chi connectivity index (χ0v) is 15.0. The second-order valence-electron chi connectivity index (χ2n) is 5.94. The van der Waals surface area contributed by atoms with Crippen LogP contribution in [0.4, 0.5) is 24.7 Å². The Labute approximate surface area is 163 Å². The fraction of sp³-hybridized carbons (Fsp3) is 0.105. The van der Waals surface area contributed by atoms with Crippen LogP contribution in [0.2, 0.25) is 0 Å². The van der Waals surface area contributed by atoms with Gasteiger partial charge in [0.25, 0.3) is 5.69 Å². The third kappa shape index (κ3) is 4.92. The highest BCUT2D eigenvalue weighted by molar-refractivity contribution is 5.99. The van der Waals surface area contributed by atoms with Gasteiger partial charge in [-0.15, -0.1) is 0 Å². The summed E-state index contributed by atoms with van der Waals surface area (Å²) in [4.78, 5) is 18.0. The van der Waals surface area contributed by atoms with E-state index in [1.165, 1.54) is 18.2 Å². The molecule has 0 unspecified atom stereocenters. The van der Waals surface area contributed by atoms with Crippen LogP contribution in [0.5, 0.6) is 0 Å². The molecule has 0 atom stereocenters. The predicted octanol–water partition coefficient (Wildman–Crippen LogP) is 4.91. The number of nitrogens with zero attached hydrogens (tertiary/aromatic N) is 4. The zero-order valence-electron chi connectivity index (χ0n) is 15.0. The molecule has 0 amide bonds. The lowest BCUT2D eigenvalue weighted by Crippen LogP contribution is -2.11. The molecule has 3 rings (SSSR count). The maximum atomic E-state index is 13.2. The van der Waals surface area contributed by atoms with E-state index in [-0.39, 0.29) is 17.3 Å². The van der Waals surface area contributed by atoms with E-state index < -0.39 is 16.8 Å². The number of anilines is 1. The number of benzene rings is 2. The Balaban J connectivity index is 1.95. The number of rotatable bonds is 5. The lowest BCUT2D eigenvalue weighted by molar-refractivity contribution is -0.384. The van der Waals surface area contributed by atoms with E-state index in [0.717, 1.165) is 6.07 Å². The van der Waals surface area contributed by atoms with E-state index in [4.69, 9.17) is 0 Å². The Morgan fingerprint density at radius 1 is 1.07 bits per heavy atom. The number of nitro benzene ring substituents is 1. The summed E-state index contributed by atoms with van der Waals surface area (Å²) in [6.07, 6.45) is -4.66. The van der Waals surface area contributed by atoms with Crippen LogP contribution in [-0.4, -0.2) is 20.6 Å². The lowest BCUT2D eigenvalue weighted by Gasteiger charge is -2.10. The van der Waals surface area contributed by atoms with Crippen molar-refractivity contribution in [3.05, 3.63) is 82.0 Å². The zero-order chi connectivity index (χ0) is 21.0. The number of alkyl halides is 3. The largest absolute Gasteiger partial charge is 0.433 e. The molecule has 0 saturated carbocycles. The van der Waals surface area contributed by atoms with Gasteiger partial charge in [-0.2, -0.15) is 18.3 Å². The first-order chi connectivity index (χ1) is 13.7. The Hall–Kier alpha value is -3.82. The number of hydrogen-bond donors (Lipinski definition) is 1. The van der Waals surface area contributed by atoms with Gasteiger partial charge in [0.2, 0.25) is 0 Å². The molecule has 0 radical (unpaired) electrons. The fourth-order valence-corrected chi connectivity index (χ4v) is 2.42. The van der Waals surface area contributed by atoms with Gasteiger partial charge in [0.05, 0.1) is 10.6 Å². The molecular weight excluding hydrogens is 387 g/mol. The Bertz CT molecular complexity index is 1070. The Morgan fingerprint density at radius 2 is 1.79 bits per heavy atom. The quantitative estimate of drug-likeness (QED) is 0.373. The van der Waals surface area contributed by atoms with Gasteiger partial charge in [0, 0.05) is 29.3 Å². The van der Waals surface area contributed by atoms with Crippen molar-refractivity contribution in [1.29, 1.82) is 0 Å². The first kappa shape index (κ1) is 19.9. The SMILES string of the molecule is CC(=NNc1cc(C(F)(F)F)nc(-c2ccccc2)n1)c1cccc([N+](=O)[O-])c1. The standard InChI is InChI=1S/C19H14F3N5O2/c1-12(14-8-5-9-15(10-14)27(28)29)25-26-17-11-16(19(20,21)22)23-18(24-17)13-6-3-2-4-7-13/h2-11H,1H3,(H,23,24,26). The molecule has 148 valence electrons. The molecule has 2 aromatic carbocycles. The smallest absolute Gasteiger partial charge is 0.261 e. The maximum Gasteiger partial charge on any atom is 0.433 e. The van der Waals surface area contributed by atoms with Crippen molar-refractivity contribution in [3.8, 4) is 11.4 Å². The van der Waals surface area contributed by atoms with E-state index in [0.29, 0.717) is 16.8 Å². The average Bonchev–Trinajstić information content (AvgIpc) is 2.72. The van der Waals surface area contributed by atoms with Gasteiger partial charge >= 0.3 is 6.18 Å². The van der Waals surface area contributed by atoms with E-state index in [9.17, 15) is 23.3 Å². The highest BCUT2D eigenvalue weighted by Gasteiger charge is 2.33. The van der Waals surface area contributed by atoms with Crippen LogP contribution in [0, 0.1) is 10.1 Å². The maximum absolute atomic E-state index is 13.2. The third-order valence-electron chi connectivity index (χ3n) is 3.86. The van der Waals surface area contributed by atoms with Gasteiger partial charge in [-0.25, -0.2) is 9.97 Å². The van der Waals surface area contributed by atoms with Crippen LogP contribution in [0.25, 0.3) is 11.4 Å². The number of hydrogen-bond acceptors (Lipinski definition) is 6. The molecule has 3 aromatic rings. The molecule has 0 bridgehead atoms. The van der Waals surface area contributed by atoms with Crippen molar-refractivity contribution in [2.75, 3.05) is 5.43 Å². The molecule has 1 aromatic heterocycles. The summed E-state index contributed by atoms with van der Waals surface area (Å²) < 4.78 is 39.7. The predicted molar refractivity (Wildman–Crippen MR) is 101 cm³/mol. The molecule has 0 aliphatic carbocycles. The van der Waals surface area contributed by atoms with E-state index >= 15 is 0 Å². The minimum atomic E-state index is -4.66. The van der Waals surface area contributed by atoms with E-state index in [1.54, 1.807) is 43.3 Å².